The van der Waals surface area contributed by atoms with Crippen molar-refractivity contribution in [2.24, 2.45) is 0 Å². The van der Waals surface area contributed by atoms with Gasteiger partial charge < -0.3 is 9.84 Å². The van der Waals surface area contributed by atoms with Crippen LogP contribution in [0.25, 0.3) is 0 Å². The second-order valence-electron chi connectivity index (χ2n) is 3.46. The van der Waals surface area contributed by atoms with Crippen molar-refractivity contribution >= 4 is 33.5 Å². The molecule has 0 saturated heterocycles. The summed E-state index contributed by atoms with van der Waals surface area (Å²) in [5, 5.41) is 8.95. The predicted molar refractivity (Wildman–Crippen MR) is 70.8 cm³/mol. The fourth-order valence-electron chi connectivity index (χ4n) is 1.29. The lowest BCUT2D eigenvalue weighted by Gasteiger charge is -2.11. The Bertz CT molecular complexity index is 561. The largest absolute Gasteiger partial charge is 0.478 e. The molecule has 0 aliphatic heterocycles. The summed E-state index contributed by atoms with van der Waals surface area (Å²) < 4.78 is 32.3. The molecule has 0 heterocycles. The van der Waals surface area contributed by atoms with E-state index in [0.717, 1.165) is 0 Å². The average molecular weight is 309 g/mol. The first kappa shape index (κ1) is 15.7. The molecule has 0 fully saturated rings. The third kappa shape index (κ3) is 4.67. The van der Waals surface area contributed by atoms with Crippen LogP contribution in [0.4, 0.5) is 5.69 Å². The van der Waals surface area contributed by atoms with Gasteiger partial charge >= 0.3 is 5.97 Å². The molecule has 0 bridgehead atoms. The van der Waals surface area contributed by atoms with E-state index < -0.39 is 16.2 Å². The number of hydrogen-bond donors (Lipinski definition) is 3. The summed E-state index contributed by atoms with van der Waals surface area (Å²) in [6, 6.07) is 4.12. The highest BCUT2D eigenvalue weighted by atomic mass is 35.5. The minimum atomic E-state index is -3.88. The number of carboxylic acids is 1. The van der Waals surface area contributed by atoms with E-state index >= 15 is 0 Å². The Morgan fingerprint density at radius 3 is 2.74 bits per heavy atom. The van der Waals surface area contributed by atoms with Crippen molar-refractivity contribution in [3.63, 3.8) is 0 Å². The first-order valence-electron chi connectivity index (χ1n) is 5.15. The van der Waals surface area contributed by atoms with Gasteiger partial charge in [-0.25, -0.2) is 4.79 Å². The Morgan fingerprint density at radius 1 is 1.47 bits per heavy atom. The van der Waals surface area contributed by atoms with Crippen LogP contribution >= 0.6 is 11.6 Å². The fourth-order valence-corrected chi connectivity index (χ4v) is 2.42. The van der Waals surface area contributed by atoms with Crippen molar-refractivity contribution in [3.05, 3.63) is 28.8 Å². The van der Waals surface area contributed by atoms with Gasteiger partial charge in [0.05, 0.1) is 17.3 Å². The van der Waals surface area contributed by atoms with E-state index in [-0.39, 0.29) is 29.4 Å². The normalized spacial score (nSPS) is 11.3. The molecule has 0 unspecified atom stereocenters. The van der Waals surface area contributed by atoms with E-state index in [1.54, 1.807) is 0 Å². The summed E-state index contributed by atoms with van der Waals surface area (Å²) in [5.74, 6) is -1.32. The average Bonchev–Trinajstić information content (AvgIpc) is 2.27. The van der Waals surface area contributed by atoms with Crippen molar-refractivity contribution < 1.29 is 23.1 Å². The van der Waals surface area contributed by atoms with Crippen LogP contribution < -0.4 is 9.44 Å². The number of nitrogens with one attached hydrogen (secondary N) is 2. The lowest BCUT2D eigenvalue weighted by molar-refractivity contribution is 0.0698. The number of carbonyl (C=O) groups is 1. The second-order valence-corrected chi connectivity index (χ2v) is 5.37. The zero-order valence-corrected chi connectivity index (χ0v) is 11.6. The zero-order chi connectivity index (χ0) is 14.5. The van der Waals surface area contributed by atoms with Crippen LogP contribution in [0.1, 0.15) is 10.4 Å². The third-order valence-electron chi connectivity index (χ3n) is 2.07. The molecule has 1 aromatic carbocycles. The molecule has 9 heteroatoms. The molecule has 0 amide bonds. The van der Waals surface area contributed by atoms with Gasteiger partial charge in [-0.05, 0) is 12.1 Å². The van der Waals surface area contributed by atoms with Crippen molar-refractivity contribution in [1.29, 1.82) is 0 Å². The highest BCUT2D eigenvalue weighted by molar-refractivity contribution is 7.90. The molecule has 0 aromatic heterocycles. The number of aromatic carboxylic acids is 1. The summed E-state index contributed by atoms with van der Waals surface area (Å²) >= 11 is 5.72. The Hall–Kier alpha value is -1.35. The number of hydrogen-bond acceptors (Lipinski definition) is 4. The second kappa shape index (κ2) is 6.71. The van der Waals surface area contributed by atoms with Crippen LogP contribution in [-0.4, -0.2) is 39.8 Å². The molecule has 7 nitrogen and oxygen atoms in total. The zero-order valence-electron chi connectivity index (χ0n) is 10.0. The Morgan fingerprint density at radius 2 is 2.16 bits per heavy atom. The van der Waals surface area contributed by atoms with Gasteiger partial charge in [-0.2, -0.15) is 13.1 Å². The van der Waals surface area contributed by atoms with E-state index in [9.17, 15) is 13.2 Å². The minimum absolute atomic E-state index is 0.0513. The van der Waals surface area contributed by atoms with Gasteiger partial charge in [0.15, 0.2) is 0 Å². The van der Waals surface area contributed by atoms with Crippen molar-refractivity contribution in [1.82, 2.24) is 4.72 Å². The van der Waals surface area contributed by atoms with E-state index in [4.69, 9.17) is 21.4 Å². The van der Waals surface area contributed by atoms with E-state index in [1.165, 1.54) is 25.3 Å². The van der Waals surface area contributed by atoms with E-state index in [2.05, 4.69) is 9.44 Å². The van der Waals surface area contributed by atoms with E-state index in [1.807, 2.05) is 0 Å². The summed E-state index contributed by atoms with van der Waals surface area (Å²) in [6.07, 6.45) is 0. The highest BCUT2D eigenvalue weighted by Crippen LogP contribution is 2.24. The van der Waals surface area contributed by atoms with Gasteiger partial charge in [0.2, 0.25) is 0 Å². The Labute approximate surface area is 115 Å². The van der Waals surface area contributed by atoms with Crippen LogP contribution in [-0.2, 0) is 14.9 Å². The highest BCUT2D eigenvalue weighted by Gasteiger charge is 2.18. The number of carboxylic acid groups (broad SMARTS) is 1. The van der Waals surface area contributed by atoms with Crippen molar-refractivity contribution in [2.45, 2.75) is 0 Å². The van der Waals surface area contributed by atoms with Gasteiger partial charge in [-0.15, -0.1) is 0 Å². The summed E-state index contributed by atoms with van der Waals surface area (Å²) in [7, 11) is -2.45. The van der Waals surface area contributed by atoms with Gasteiger partial charge in [0.1, 0.15) is 5.56 Å². The molecular formula is C10H13ClN2O5S. The summed E-state index contributed by atoms with van der Waals surface area (Å²) in [4.78, 5) is 11.0. The Balaban J connectivity index is 2.93. The van der Waals surface area contributed by atoms with Gasteiger partial charge in [0.25, 0.3) is 10.2 Å². The molecule has 1 aromatic rings. The first-order chi connectivity index (χ1) is 8.87. The predicted octanol–water partition coefficient (Wildman–Crippen LogP) is 0.931. The van der Waals surface area contributed by atoms with Crippen LogP contribution in [0.5, 0.6) is 0 Å². The van der Waals surface area contributed by atoms with Crippen molar-refractivity contribution in [2.75, 3.05) is 25.0 Å². The number of ether oxygens (including phenoxy) is 1. The van der Waals surface area contributed by atoms with Crippen molar-refractivity contribution in [3.8, 4) is 0 Å². The third-order valence-corrected chi connectivity index (χ3v) is 3.46. The number of halogens is 1. The van der Waals surface area contributed by atoms with Crippen LogP contribution in [0.3, 0.4) is 0 Å². The van der Waals surface area contributed by atoms with Crippen LogP contribution in [0, 0.1) is 0 Å². The Kier molecular flexibility index (Phi) is 5.55. The fraction of sp³-hybridized carbons (Fsp3) is 0.300. The SMILES string of the molecule is COCCNS(=O)(=O)Nc1cccc(Cl)c1C(=O)O. The van der Waals surface area contributed by atoms with E-state index in [0.29, 0.717) is 0 Å². The van der Waals surface area contributed by atoms with Crippen LogP contribution in [0.15, 0.2) is 18.2 Å². The molecule has 19 heavy (non-hydrogen) atoms. The molecule has 0 spiro atoms. The molecule has 3 N–H and O–H groups in total. The molecule has 0 aliphatic carbocycles. The minimum Gasteiger partial charge on any atom is -0.478 e. The molecule has 1 rings (SSSR count). The molecular weight excluding hydrogens is 296 g/mol. The smallest absolute Gasteiger partial charge is 0.339 e. The number of benzene rings is 1. The summed E-state index contributed by atoms with van der Waals surface area (Å²) in [6.45, 7) is 0.261. The molecule has 106 valence electrons. The molecule has 0 aliphatic rings. The lowest BCUT2D eigenvalue weighted by atomic mass is 10.2. The monoisotopic (exact) mass is 308 g/mol. The standard InChI is InChI=1S/C10H13ClN2O5S/c1-18-6-5-12-19(16,17)13-8-4-2-3-7(11)9(8)10(14)15/h2-4,12-13H,5-6H2,1H3,(H,14,15). The summed E-state index contributed by atoms with van der Waals surface area (Å²) in [5.41, 5.74) is -0.411. The maximum Gasteiger partial charge on any atom is 0.339 e. The maximum absolute atomic E-state index is 11.6. The first-order valence-corrected chi connectivity index (χ1v) is 7.01. The molecule has 0 radical (unpaired) electrons. The van der Waals surface area contributed by atoms with Gasteiger partial charge in [-0.1, -0.05) is 17.7 Å². The number of methoxy groups -OCH3 is 1. The molecule has 0 saturated carbocycles. The number of rotatable bonds is 7. The molecule has 0 atom stereocenters. The van der Waals surface area contributed by atoms with Gasteiger partial charge in [-0.3, -0.25) is 4.72 Å². The van der Waals surface area contributed by atoms with Crippen LogP contribution in [0.2, 0.25) is 5.02 Å². The quantitative estimate of drug-likeness (QED) is 0.650. The number of anilines is 1. The van der Waals surface area contributed by atoms with Gasteiger partial charge in [0, 0.05) is 13.7 Å². The maximum atomic E-state index is 11.6. The topological polar surface area (TPSA) is 105 Å². The lowest BCUT2D eigenvalue weighted by Crippen LogP contribution is -2.33.